The average molecular weight is 451 g/mol. The number of carbonyl (C=O) groups excluding carboxylic acids is 1. The van der Waals surface area contributed by atoms with Crippen molar-refractivity contribution in [2.45, 2.75) is 44.7 Å². The van der Waals surface area contributed by atoms with E-state index in [2.05, 4.69) is 12.1 Å². The van der Waals surface area contributed by atoms with E-state index in [1.54, 1.807) is 12.1 Å². The van der Waals surface area contributed by atoms with Crippen LogP contribution in [0.4, 0.5) is 18.0 Å². The largest absolute Gasteiger partial charge is 0.416 e. The zero-order valence-electron chi connectivity index (χ0n) is 18.0. The summed E-state index contributed by atoms with van der Waals surface area (Å²) in [5.41, 5.74) is 8.55. The molecule has 0 saturated carbocycles. The number of alkyl halides is 3. The second-order valence-electron chi connectivity index (χ2n) is 8.50. The van der Waals surface area contributed by atoms with E-state index in [0.717, 1.165) is 54.6 Å². The molecular formula is C26H24F3N3O. The van der Waals surface area contributed by atoms with Gasteiger partial charge in [0.15, 0.2) is 0 Å². The van der Waals surface area contributed by atoms with Gasteiger partial charge in [-0.25, -0.2) is 4.79 Å². The van der Waals surface area contributed by atoms with Gasteiger partial charge in [0.2, 0.25) is 0 Å². The van der Waals surface area contributed by atoms with Gasteiger partial charge < -0.3 is 5.73 Å². The van der Waals surface area contributed by atoms with Crippen molar-refractivity contribution in [3.63, 3.8) is 0 Å². The van der Waals surface area contributed by atoms with Crippen LogP contribution in [0.25, 0.3) is 17.0 Å². The Morgan fingerprint density at radius 2 is 1.91 bits per heavy atom. The summed E-state index contributed by atoms with van der Waals surface area (Å²) in [4.78, 5) is 12.2. The molecule has 1 aromatic heterocycles. The number of aromatic nitrogens is 1. The number of allylic oxidation sites excluding steroid dienone is 1. The van der Waals surface area contributed by atoms with E-state index >= 15 is 0 Å². The number of benzene rings is 2. The van der Waals surface area contributed by atoms with Crippen molar-refractivity contribution in [3.05, 3.63) is 76.5 Å². The molecule has 2 N–H and O–H groups in total. The van der Waals surface area contributed by atoms with Crippen LogP contribution in [0.1, 0.15) is 53.6 Å². The molecule has 1 atom stereocenters. The van der Waals surface area contributed by atoms with Crippen molar-refractivity contribution < 1.29 is 18.0 Å². The molecule has 4 nitrogen and oxygen atoms in total. The van der Waals surface area contributed by atoms with Crippen molar-refractivity contribution in [3.8, 4) is 6.07 Å². The lowest BCUT2D eigenvalue weighted by molar-refractivity contribution is -0.137. The van der Waals surface area contributed by atoms with E-state index in [1.807, 2.05) is 18.2 Å². The minimum Gasteiger partial charge on any atom is -0.351 e. The monoisotopic (exact) mass is 451 g/mol. The number of halogens is 3. The molecule has 0 aliphatic heterocycles. The SMILES string of the molecule is N#Cc1ccc(/C=C/CC2CCCc3c(n(C(N)=O)c4ccc(C(F)(F)F)cc34)CC2)cc1. The van der Waals surface area contributed by atoms with Gasteiger partial charge >= 0.3 is 12.2 Å². The Labute approximate surface area is 190 Å². The number of fused-ring (bicyclic) bond motifs is 3. The zero-order valence-corrected chi connectivity index (χ0v) is 18.0. The van der Waals surface area contributed by atoms with Gasteiger partial charge in [0.05, 0.1) is 22.7 Å². The first kappa shape index (κ1) is 22.7. The minimum absolute atomic E-state index is 0.401. The molecule has 1 heterocycles. The lowest BCUT2D eigenvalue weighted by Crippen LogP contribution is -2.23. The van der Waals surface area contributed by atoms with Crippen LogP contribution in [-0.2, 0) is 19.0 Å². The highest BCUT2D eigenvalue weighted by atomic mass is 19.4. The molecule has 1 aliphatic rings. The molecule has 170 valence electrons. The standard InChI is InChI=1S/C26H24F3N3O/c27-26(28,29)20-12-14-24-22(15-20)21-6-2-5-17(11-13-23(21)32(24)25(31)33)3-1-4-18-7-9-19(16-30)10-8-18/h1,4,7-10,12,14-15,17H,2-3,5-6,11,13H2,(H2,31,33)/b4-1+. The maximum absolute atomic E-state index is 13.3. The topological polar surface area (TPSA) is 71.8 Å². The highest BCUT2D eigenvalue weighted by Gasteiger charge is 2.32. The third kappa shape index (κ3) is 4.80. The number of carbonyl (C=O) groups is 1. The fourth-order valence-electron chi connectivity index (χ4n) is 4.73. The van der Waals surface area contributed by atoms with Crippen molar-refractivity contribution in [1.29, 1.82) is 5.26 Å². The highest BCUT2D eigenvalue weighted by molar-refractivity contribution is 5.95. The Morgan fingerprint density at radius 1 is 1.15 bits per heavy atom. The van der Waals surface area contributed by atoms with E-state index in [-0.39, 0.29) is 0 Å². The fourth-order valence-corrected chi connectivity index (χ4v) is 4.73. The first-order valence-corrected chi connectivity index (χ1v) is 11.0. The number of aryl methyl sites for hydroxylation is 1. The van der Waals surface area contributed by atoms with E-state index in [0.29, 0.717) is 35.2 Å². The van der Waals surface area contributed by atoms with Crippen LogP contribution in [0.5, 0.6) is 0 Å². The van der Waals surface area contributed by atoms with Crippen molar-refractivity contribution >= 4 is 23.0 Å². The molecule has 0 bridgehead atoms. The van der Waals surface area contributed by atoms with Gasteiger partial charge in [-0.15, -0.1) is 0 Å². The maximum Gasteiger partial charge on any atom is 0.416 e. The number of primary amides is 1. The number of hydrogen-bond donors (Lipinski definition) is 1. The van der Waals surface area contributed by atoms with Crippen molar-refractivity contribution in [2.24, 2.45) is 11.7 Å². The van der Waals surface area contributed by atoms with E-state index < -0.39 is 17.8 Å². The molecule has 1 unspecified atom stereocenters. The third-order valence-corrected chi connectivity index (χ3v) is 6.38. The minimum atomic E-state index is -4.44. The van der Waals surface area contributed by atoms with Crippen LogP contribution in [0.2, 0.25) is 0 Å². The van der Waals surface area contributed by atoms with Gasteiger partial charge in [-0.1, -0.05) is 24.3 Å². The number of nitrogens with two attached hydrogens (primary N) is 1. The summed E-state index contributed by atoms with van der Waals surface area (Å²) in [6.45, 7) is 0. The molecule has 33 heavy (non-hydrogen) atoms. The van der Waals surface area contributed by atoms with E-state index in [1.165, 1.54) is 10.6 Å². The molecule has 3 aromatic rings. The van der Waals surface area contributed by atoms with Gasteiger partial charge in [-0.3, -0.25) is 4.57 Å². The predicted molar refractivity (Wildman–Crippen MR) is 121 cm³/mol. The van der Waals surface area contributed by atoms with Gasteiger partial charge in [0.25, 0.3) is 0 Å². The molecule has 1 aliphatic carbocycles. The average Bonchev–Trinajstić information content (AvgIpc) is 3.07. The van der Waals surface area contributed by atoms with Gasteiger partial charge in [-0.2, -0.15) is 18.4 Å². The number of rotatable bonds is 3. The van der Waals surface area contributed by atoms with Crippen molar-refractivity contribution in [1.82, 2.24) is 4.57 Å². The van der Waals surface area contributed by atoms with E-state index in [4.69, 9.17) is 11.0 Å². The summed E-state index contributed by atoms with van der Waals surface area (Å²) in [5, 5.41) is 9.36. The summed E-state index contributed by atoms with van der Waals surface area (Å²) in [5.74, 6) is 0.401. The smallest absolute Gasteiger partial charge is 0.351 e. The second kappa shape index (κ2) is 9.14. The molecule has 1 amide bonds. The maximum atomic E-state index is 13.3. The summed E-state index contributed by atoms with van der Waals surface area (Å²) in [7, 11) is 0. The van der Waals surface area contributed by atoms with Gasteiger partial charge in [0, 0.05) is 11.1 Å². The Morgan fingerprint density at radius 3 is 2.58 bits per heavy atom. The number of amides is 1. The number of nitrogens with zero attached hydrogens (tertiary/aromatic N) is 2. The molecule has 0 spiro atoms. The summed E-state index contributed by atoms with van der Waals surface area (Å²) < 4.78 is 41.2. The van der Waals surface area contributed by atoms with Gasteiger partial charge in [-0.05, 0) is 85.9 Å². The van der Waals surface area contributed by atoms with Crippen LogP contribution in [0.15, 0.2) is 48.5 Å². The molecule has 0 saturated heterocycles. The van der Waals surface area contributed by atoms with Crippen LogP contribution in [0, 0.1) is 17.2 Å². The molecule has 0 fully saturated rings. The Hall–Kier alpha value is -3.53. The molecule has 4 rings (SSSR count). The lowest BCUT2D eigenvalue weighted by atomic mass is 9.87. The summed E-state index contributed by atoms with van der Waals surface area (Å²) >= 11 is 0. The zero-order chi connectivity index (χ0) is 23.6. The second-order valence-corrected chi connectivity index (χ2v) is 8.50. The summed E-state index contributed by atoms with van der Waals surface area (Å²) in [6.07, 6.45) is 4.38. The molecule has 7 heteroatoms. The first-order valence-electron chi connectivity index (χ1n) is 11.0. The van der Waals surface area contributed by atoms with Crippen LogP contribution >= 0.6 is 0 Å². The normalized spacial score (nSPS) is 16.8. The molecule has 0 radical (unpaired) electrons. The molecular weight excluding hydrogens is 427 g/mol. The Balaban J connectivity index is 1.56. The van der Waals surface area contributed by atoms with Crippen LogP contribution in [0.3, 0.4) is 0 Å². The first-order chi connectivity index (χ1) is 15.8. The Bertz CT molecular complexity index is 1250. The van der Waals surface area contributed by atoms with Crippen molar-refractivity contribution in [2.75, 3.05) is 0 Å². The van der Waals surface area contributed by atoms with E-state index in [9.17, 15) is 18.0 Å². The number of nitriles is 1. The van der Waals surface area contributed by atoms with Crippen LogP contribution < -0.4 is 5.73 Å². The summed E-state index contributed by atoms with van der Waals surface area (Å²) in [6, 6.07) is 12.3. The third-order valence-electron chi connectivity index (χ3n) is 6.38. The lowest BCUT2D eigenvalue weighted by Gasteiger charge is -2.20. The quantitative estimate of drug-likeness (QED) is 0.497. The highest BCUT2D eigenvalue weighted by Crippen LogP contribution is 2.37. The van der Waals surface area contributed by atoms with Crippen LogP contribution in [-0.4, -0.2) is 10.6 Å². The predicted octanol–water partition coefficient (Wildman–Crippen LogP) is 6.45. The molecule has 2 aromatic carbocycles. The Kier molecular flexibility index (Phi) is 6.28. The number of hydrogen-bond acceptors (Lipinski definition) is 2. The fraction of sp³-hybridized carbons (Fsp3) is 0.308. The van der Waals surface area contributed by atoms with Gasteiger partial charge in [0.1, 0.15) is 0 Å².